The average molecular weight is 336 g/mol. The number of sulfonamides is 1. The molecule has 0 saturated carbocycles. The van der Waals surface area contributed by atoms with E-state index in [0.717, 1.165) is 16.4 Å². The SMILES string of the molecule is COc1c(C(=O)O)cc(Cl)cc1S(=O)(=O)N1CC[C@H](O)C1. The molecule has 0 unspecified atom stereocenters. The molecule has 1 fully saturated rings. The van der Waals surface area contributed by atoms with E-state index in [1.54, 1.807) is 0 Å². The van der Waals surface area contributed by atoms with Crippen molar-refractivity contribution in [3.05, 3.63) is 22.7 Å². The summed E-state index contributed by atoms with van der Waals surface area (Å²) in [7, 11) is -2.80. The van der Waals surface area contributed by atoms with Crippen LogP contribution in [-0.2, 0) is 10.0 Å². The van der Waals surface area contributed by atoms with Crippen LogP contribution in [0.4, 0.5) is 0 Å². The molecule has 1 aliphatic rings. The molecule has 21 heavy (non-hydrogen) atoms. The fraction of sp³-hybridized carbons (Fsp3) is 0.417. The number of hydrogen-bond donors (Lipinski definition) is 2. The number of carboxylic acids is 1. The van der Waals surface area contributed by atoms with Crippen molar-refractivity contribution in [1.82, 2.24) is 4.31 Å². The minimum absolute atomic E-state index is 0.0217. The maximum atomic E-state index is 12.6. The number of aliphatic hydroxyl groups is 1. The lowest BCUT2D eigenvalue weighted by atomic mass is 10.2. The molecule has 0 aliphatic carbocycles. The quantitative estimate of drug-likeness (QED) is 0.843. The number of carboxylic acid groups (broad SMARTS) is 1. The molecule has 2 rings (SSSR count). The summed E-state index contributed by atoms with van der Waals surface area (Å²) in [5.41, 5.74) is -0.330. The van der Waals surface area contributed by atoms with E-state index in [0.29, 0.717) is 6.42 Å². The second-order valence-corrected chi connectivity index (χ2v) is 6.94. The maximum Gasteiger partial charge on any atom is 0.339 e. The van der Waals surface area contributed by atoms with E-state index in [1.807, 2.05) is 0 Å². The molecule has 0 bridgehead atoms. The van der Waals surface area contributed by atoms with Crippen molar-refractivity contribution in [3.8, 4) is 5.75 Å². The number of aliphatic hydroxyl groups excluding tert-OH is 1. The van der Waals surface area contributed by atoms with Crippen LogP contribution < -0.4 is 4.74 Å². The van der Waals surface area contributed by atoms with Crippen molar-refractivity contribution in [2.75, 3.05) is 20.2 Å². The first kappa shape index (κ1) is 16.0. The third-order valence-electron chi connectivity index (χ3n) is 3.20. The molecular weight excluding hydrogens is 322 g/mol. The Balaban J connectivity index is 2.60. The zero-order valence-electron chi connectivity index (χ0n) is 11.1. The summed E-state index contributed by atoms with van der Waals surface area (Å²) in [5.74, 6) is -1.61. The van der Waals surface area contributed by atoms with E-state index in [-0.39, 0.29) is 34.3 Å². The lowest BCUT2D eigenvalue weighted by Crippen LogP contribution is -2.30. The van der Waals surface area contributed by atoms with Gasteiger partial charge in [0.1, 0.15) is 10.5 Å². The molecule has 9 heteroatoms. The fourth-order valence-electron chi connectivity index (χ4n) is 2.20. The number of halogens is 1. The van der Waals surface area contributed by atoms with Crippen LogP contribution in [-0.4, -0.2) is 55.2 Å². The van der Waals surface area contributed by atoms with Crippen molar-refractivity contribution < 1.29 is 28.2 Å². The number of carbonyl (C=O) groups is 1. The number of aromatic carboxylic acids is 1. The average Bonchev–Trinajstić information content (AvgIpc) is 2.85. The molecule has 1 aliphatic heterocycles. The lowest BCUT2D eigenvalue weighted by Gasteiger charge is -2.19. The van der Waals surface area contributed by atoms with Gasteiger partial charge >= 0.3 is 5.97 Å². The normalized spacial score (nSPS) is 19.7. The van der Waals surface area contributed by atoms with Gasteiger partial charge in [0.15, 0.2) is 5.75 Å². The van der Waals surface area contributed by atoms with Gasteiger partial charge in [0.25, 0.3) is 0 Å². The van der Waals surface area contributed by atoms with E-state index in [2.05, 4.69) is 0 Å². The highest BCUT2D eigenvalue weighted by molar-refractivity contribution is 7.89. The van der Waals surface area contributed by atoms with Gasteiger partial charge in [-0.1, -0.05) is 11.6 Å². The number of nitrogens with zero attached hydrogens (tertiary/aromatic N) is 1. The van der Waals surface area contributed by atoms with Gasteiger partial charge in [0, 0.05) is 18.1 Å². The summed E-state index contributed by atoms with van der Waals surface area (Å²) >= 11 is 5.81. The van der Waals surface area contributed by atoms with Crippen molar-refractivity contribution in [3.63, 3.8) is 0 Å². The predicted molar refractivity (Wildman–Crippen MR) is 74.3 cm³/mol. The minimum Gasteiger partial charge on any atom is -0.494 e. The van der Waals surface area contributed by atoms with Crippen molar-refractivity contribution in [2.45, 2.75) is 17.4 Å². The number of β-amino-alcohol motifs (C(OH)–C–C–N with tert-alkyl or cyclic N) is 1. The summed E-state index contributed by atoms with van der Waals surface area (Å²) in [5, 5.41) is 18.6. The predicted octanol–water partition coefficient (Wildman–Crippen LogP) is 0.802. The second kappa shape index (κ2) is 5.80. The topological polar surface area (TPSA) is 104 Å². The largest absolute Gasteiger partial charge is 0.494 e. The molecule has 0 amide bonds. The van der Waals surface area contributed by atoms with E-state index in [4.69, 9.17) is 21.4 Å². The highest BCUT2D eigenvalue weighted by Gasteiger charge is 2.35. The van der Waals surface area contributed by atoms with E-state index < -0.39 is 22.1 Å². The van der Waals surface area contributed by atoms with Crippen LogP contribution in [0.25, 0.3) is 0 Å². The summed E-state index contributed by atoms with van der Waals surface area (Å²) in [6.45, 7) is 0.113. The third-order valence-corrected chi connectivity index (χ3v) is 5.29. The van der Waals surface area contributed by atoms with Gasteiger partial charge < -0.3 is 14.9 Å². The van der Waals surface area contributed by atoms with Crippen LogP contribution in [0.1, 0.15) is 16.8 Å². The van der Waals surface area contributed by atoms with Gasteiger partial charge in [-0.15, -0.1) is 0 Å². The molecule has 1 aromatic rings. The Morgan fingerprint density at radius 1 is 1.48 bits per heavy atom. The molecule has 7 nitrogen and oxygen atoms in total. The van der Waals surface area contributed by atoms with Crippen LogP contribution in [0.2, 0.25) is 5.02 Å². The van der Waals surface area contributed by atoms with Gasteiger partial charge in [0.2, 0.25) is 10.0 Å². The highest BCUT2D eigenvalue weighted by atomic mass is 35.5. The van der Waals surface area contributed by atoms with Crippen LogP contribution in [0, 0.1) is 0 Å². The van der Waals surface area contributed by atoms with Crippen LogP contribution in [0.5, 0.6) is 5.75 Å². The zero-order chi connectivity index (χ0) is 15.8. The molecule has 2 N–H and O–H groups in total. The number of hydrogen-bond acceptors (Lipinski definition) is 5. The first-order chi connectivity index (χ1) is 9.77. The van der Waals surface area contributed by atoms with E-state index in [9.17, 15) is 18.3 Å². The fourth-order valence-corrected chi connectivity index (χ4v) is 4.18. The first-order valence-electron chi connectivity index (χ1n) is 6.06. The number of rotatable bonds is 4. The van der Waals surface area contributed by atoms with Crippen LogP contribution >= 0.6 is 11.6 Å². The Labute approximate surface area is 126 Å². The Morgan fingerprint density at radius 3 is 2.62 bits per heavy atom. The van der Waals surface area contributed by atoms with Crippen molar-refractivity contribution in [1.29, 1.82) is 0 Å². The third kappa shape index (κ3) is 2.98. The van der Waals surface area contributed by atoms with Crippen molar-refractivity contribution in [2.24, 2.45) is 0 Å². The molecule has 1 aromatic carbocycles. The number of benzene rings is 1. The Hall–Kier alpha value is -1.35. The molecule has 0 radical (unpaired) electrons. The van der Waals surface area contributed by atoms with E-state index in [1.165, 1.54) is 7.11 Å². The van der Waals surface area contributed by atoms with Crippen molar-refractivity contribution >= 4 is 27.6 Å². The number of ether oxygens (including phenoxy) is 1. The summed E-state index contributed by atoms with van der Waals surface area (Å²) in [6.07, 6.45) is -0.405. The Morgan fingerprint density at radius 2 is 2.14 bits per heavy atom. The lowest BCUT2D eigenvalue weighted by molar-refractivity contribution is 0.0692. The maximum absolute atomic E-state index is 12.6. The Bertz CT molecular complexity index is 675. The zero-order valence-corrected chi connectivity index (χ0v) is 12.7. The molecule has 0 aromatic heterocycles. The monoisotopic (exact) mass is 335 g/mol. The molecule has 116 valence electrons. The molecular formula is C12H14ClNO6S. The standard InChI is InChI=1S/C12H14ClNO6S/c1-20-11-9(12(16)17)4-7(13)5-10(11)21(18,19)14-3-2-8(15)6-14/h4-5,8,15H,2-3,6H2,1H3,(H,16,17)/t8-/m0/s1. The summed E-state index contributed by atoms with van der Waals surface area (Å²) in [4.78, 5) is 10.9. The van der Waals surface area contributed by atoms with Gasteiger partial charge in [-0.25, -0.2) is 13.2 Å². The van der Waals surface area contributed by atoms with Gasteiger partial charge in [-0.2, -0.15) is 4.31 Å². The first-order valence-corrected chi connectivity index (χ1v) is 7.88. The molecule has 1 saturated heterocycles. The summed E-state index contributed by atoms with van der Waals surface area (Å²) < 4.78 is 31.2. The van der Waals surface area contributed by atoms with Gasteiger partial charge in [0.05, 0.1) is 13.2 Å². The minimum atomic E-state index is -3.99. The molecule has 0 spiro atoms. The smallest absolute Gasteiger partial charge is 0.339 e. The van der Waals surface area contributed by atoms with Gasteiger partial charge in [-0.05, 0) is 18.6 Å². The Kier molecular flexibility index (Phi) is 4.43. The highest BCUT2D eigenvalue weighted by Crippen LogP contribution is 2.34. The summed E-state index contributed by atoms with van der Waals surface area (Å²) in [6, 6.07) is 2.27. The molecule has 1 atom stereocenters. The molecule has 1 heterocycles. The number of methoxy groups -OCH3 is 1. The van der Waals surface area contributed by atoms with Crippen LogP contribution in [0.15, 0.2) is 17.0 Å². The van der Waals surface area contributed by atoms with Crippen LogP contribution in [0.3, 0.4) is 0 Å². The van der Waals surface area contributed by atoms with E-state index >= 15 is 0 Å². The second-order valence-electron chi connectivity index (χ2n) is 4.60. The van der Waals surface area contributed by atoms with Gasteiger partial charge in [-0.3, -0.25) is 0 Å².